The van der Waals surface area contributed by atoms with Crippen LogP contribution < -0.4 is 5.32 Å². The second kappa shape index (κ2) is 5.69. The Hall–Kier alpha value is -1.94. The second-order valence-corrected chi connectivity index (χ2v) is 6.48. The summed E-state index contributed by atoms with van der Waals surface area (Å²) in [6.45, 7) is 0. The molecule has 0 radical (unpaired) electrons. The number of benzene rings is 1. The van der Waals surface area contributed by atoms with Crippen LogP contribution in [0, 0.1) is 5.92 Å². The van der Waals surface area contributed by atoms with Gasteiger partial charge in [0.15, 0.2) is 11.5 Å². The summed E-state index contributed by atoms with van der Waals surface area (Å²) >= 11 is 0. The molecule has 2 aliphatic rings. The van der Waals surface area contributed by atoms with Gasteiger partial charge in [0.05, 0.1) is 6.20 Å². The maximum Gasteiger partial charge on any atom is 0.166 e. The van der Waals surface area contributed by atoms with Crippen LogP contribution >= 0.6 is 0 Å². The molecule has 2 aliphatic heterocycles. The zero-order chi connectivity index (χ0) is 14.9. The van der Waals surface area contributed by atoms with Crippen molar-refractivity contribution in [2.75, 3.05) is 0 Å². The predicted octanol–water partition coefficient (Wildman–Crippen LogP) is 3.45. The zero-order valence-electron chi connectivity index (χ0n) is 12.5. The van der Waals surface area contributed by atoms with Gasteiger partial charge in [0, 0.05) is 35.2 Å². The molecule has 0 saturated carbocycles. The Morgan fingerprint density at radius 3 is 2.45 bits per heavy atom. The number of ketones is 1. The molecule has 2 saturated heterocycles. The molecule has 22 heavy (non-hydrogen) atoms. The Morgan fingerprint density at radius 2 is 1.82 bits per heavy atom. The highest BCUT2D eigenvalue weighted by Crippen LogP contribution is 2.32. The summed E-state index contributed by atoms with van der Waals surface area (Å²) in [4.78, 5) is 12.8. The summed E-state index contributed by atoms with van der Waals surface area (Å²) in [5.41, 5.74) is 1.77. The molecule has 114 valence electrons. The fraction of sp³-hybridized carbons (Fsp3) is 0.444. The molecule has 0 amide bonds. The lowest BCUT2D eigenvalue weighted by molar-refractivity contribution is 0.0825. The Morgan fingerprint density at radius 1 is 1.09 bits per heavy atom. The number of aromatic nitrogens is 1. The molecular weight excluding hydrogens is 276 g/mol. The van der Waals surface area contributed by atoms with Crippen LogP contribution in [0.1, 0.15) is 42.5 Å². The smallest absolute Gasteiger partial charge is 0.166 e. The molecule has 4 heteroatoms. The first kappa shape index (κ1) is 13.7. The molecule has 4 nitrogen and oxygen atoms in total. The lowest BCUT2D eigenvalue weighted by Gasteiger charge is -2.39. The lowest BCUT2D eigenvalue weighted by Crippen LogP contribution is -2.50. The van der Waals surface area contributed by atoms with E-state index in [0.29, 0.717) is 17.9 Å². The van der Waals surface area contributed by atoms with Gasteiger partial charge in [-0.15, -0.1) is 0 Å². The van der Waals surface area contributed by atoms with E-state index in [-0.39, 0.29) is 5.92 Å². The van der Waals surface area contributed by atoms with Gasteiger partial charge in [-0.2, -0.15) is 0 Å². The van der Waals surface area contributed by atoms with Gasteiger partial charge >= 0.3 is 0 Å². The number of hydrogen-bond donors (Lipinski definition) is 1. The third-order valence-corrected chi connectivity index (χ3v) is 4.98. The monoisotopic (exact) mass is 296 g/mol. The molecule has 1 aromatic carbocycles. The Labute approximate surface area is 129 Å². The quantitative estimate of drug-likeness (QED) is 0.881. The molecule has 0 aliphatic carbocycles. The van der Waals surface area contributed by atoms with Crippen LogP contribution in [-0.4, -0.2) is 23.0 Å². The number of carbonyl (C=O) groups excluding carboxylic acids is 1. The van der Waals surface area contributed by atoms with E-state index < -0.39 is 0 Å². The number of nitrogens with one attached hydrogen (secondary N) is 1. The van der Waals surface area contributed by atoms with Crippen LogP contribution in [0.5, 0.6) is 0 Å². The van der Waals surface area contributed by atoms with Crippen molar-refractivity contribution < 1.29 is 9.32 Å². The van der Waals surface area contributed by atoms with E-state index in [1.54, 1.807) is 6.20 Å². The maximum absolute atomic E-state index is 12.8. The fourth-order valence-electron chi connectivity index (χ4n) is 3.88. The lowest BCUT2D eigenvalue weighted by atomic mass is 9.77. The minimum atomic E-state index is 0.174. The van der Waals surface area contributed by atoms with Crippen LogP contribution in [0.15, 0.2) is 41.1 Å². The van der Waals surface area contributed by atoms with Crippen molar-refractivity contribution in [1.82, 2.24) is 10.5 Å². The topological polar surface area (TPSA) is 55.1 Å². The number of carbonyl (C=O) groups is 1. The van der Waals surface area contributed by atoms with Gasteiger partial charge < -0.3 is 9.84 Å². The predicted molar refractivity (Wildman–Crippen MR) is 83.6 cm³/mol. The van der Waals surface area contributed by atoms with Crippen molar-refractivity contribution in [3.05, 3.63) is 42.1 Å². The van der Waals surface area contributed by atoms with Gasteiger partial charge in [0.2, 0.25) is 0 Å². The van der Waals surface area contributed by atoms with Gasteiger partial charge in [0.25, 0.3) is 0 Å². The molecule has 3 heterocycles. The third kappa shape index (κ3) is 2.59. The van der Waals surface area contributed by atoms with Crippen molar-refractivity contribution in [3.63, 3.8) is 0 Å². The summed E-state index contributed by atoms with van der Waals surface area (Å²) < 4.78 is 5.14. The summed E-state index contributed by atoms with van der Waals surface area (Å²) in [5, 5.41) is 7.36. The number of nitrogens with zero attached hydrogens (tertiary/aromatic N) is 1. The normalized spacial score (nSPS) is 27.5. The van der Waals surface area contributed by atoms with Crippen LogP contribution in [-0.2, 0) is 0 Å². The first-order valence-corrected chi connectivity index (χ1v) is 8.11. The largest absolute Gasteiger partial charge is 0.356 e. The molecule has 4 rings (SSSR count). The molecule has 2 unspecified atom stereocenters. The first-order valence-electron chi connectivity index (χ1n) is 8.11. The highest BCUT2D eigenvalue weighted by atomic mass is 16.5. The van der Waals surface area contributed by atoms with E-state index in [0.717, 1.165) is 29.7 Å². The van der Waals surface area contributed by atoms with Crippen molar-refractivity contribution in [2.24, 2.45) is 5.92 Å². The van der Waals surface area contributed by atoms with Gasteiger partial charge in [-0.1, -0.05) is 35.8 Å². The Balaban J connectivity index is 1.50. The summed E-state index contributed by atoms with van der Waals surface area (Å²) in [7, 11) is 0. The first-order chi connectivity index (χ1) is 10.8. The van der Waals surface area contributed by atoms with E-state index in [1.165, 1.54) is 19.3 Å². The highest BCUT2D eigenvalue weighted by Gasteiger charge is 2.34. The number of Topliss-reactive ketones (excluding diaryl/α,β-unsaturated/α-hetero) is 1. The number of fused-ring (bicyclic) bond motifs is 2. The number of hydrogen-bond acceptors (Lipinski definition) is 4. The highest BCUT2D eigenvalue weighted by molar-refractivity contribution is 5.98. The van der Waals surface area contributed by atoms with Gasteiger partial charge in [-0.25, -0.2) is 0 Å². The molecule has 2 bridgehead atoms. The van der Waals surface area contributed by atoms with Crippen LogP contribution in [0.2, 0.25) is 0 Å². The molecule has 2 aromatic rings. The minimum absolute atomic E-state index is 0.174. The Bertz CT molecular complexity index is 636. The van der Waals surface area contributed by atoms with E-state index in [1.807, 2.05) is 30.3 Å². The number of piperidine rings is 2. The second-order valence-electron chi connectivity index (χ2n) is 6.48. The van der Waals surface area contributed by atoms with E-state index >= 15 is 0 Å². The van der Waals surface area contributed by atoms with Crippen molar-refractivity contribution in [2.45, 2.75) is 44.2 Å². The van der Waals surface area contributed by atoms with Gasteiger partial charge in [-0.05, 0) is 25.7 Å². The number of rotatable bonds is 3. The maximum atomic E-state index is 12.8. The standard InChI is InChI=1S/C18H20N2O2/c21-18(14-10-15-2-1-3-16(11-14)20-15)13-6-4-12(5-7-13)17-8-9-19-22-17/h4-9,14-16,20H,1-3,10-11H2. The van der Waals surface area contributed by atoms with Crippen molar-refractivity contribution in [3.8, 4) is 11.3 Å². The minimum Gasteiger partial charge on any atom is -0.356 e. The molecular formula is C18H20N2O2. The molecule has 2 atom stereocenters. The molecule has 2 fully saturated rings. The van der Waals surface area contributed by atoms with Crippen LogP contribution in [0.25, 0.3) is 11.3 Å². The molecule has 1 N–H and O–H groups in total. The fourth-order valence-corrected chi connectivity index (χ4v) is 3.88. The third-order valence-electron chi connectivity index (χ3n) is 4.98. The molecule has 0 spiro atoms. The van der Waals surface area contributed by atoms with Crippen molar-refractivity contribution in [1.29, 1.82) is 0 Å². The SMILES string of the molecule is O=C(c1ccc(-c2ccno2)cc1)C1CC2CCCC(C1)N2. The Kier molecular flexibility index (Phi) is 3.54. The van der Waals surface area contributed by atoms with Crippen LogP contribution in [0.4, 0.5) is 0 Å². The summed E-state index contributed by atoms with van der Waals surface area (Å²) in [6, 6.07) is 10.6. The molecule has 1 aromatic heterocycles. The van der Waals surface area contributed by atoms with E-state index in [9.17, 15) is 4.79 Å². The average Bonchev–Trinajstić information content (AvgIpc) is 3.08. The van der Waals surface area contributed by atoms with Gasteiger partial charge in [0.1, 0.15) is 0 Å². The average molecular weight is 296 g/mol. The van der Waals surface area contributed by atoms with E-state index in [2.05, 4.69) is 10.5 Å². The zero-order valence-corrected chi connectivity index (χ0v) is 12.5. The van der Waals surface area contributed by atoms with Gasteiger partial charge in [-0.3, -0.25) is 4.79 Å². The van der Waals surface area contributed by atoms with Crippen LogP contribution in [0.3, 0.4) is 0 Å². The summed E-state index contributed by atoms with van der Waals surface area (Å²) in [5.74, 6) is 1.20. The van der Waals surface area contributed by atoms with E-state index in [4.69, 9.17) is 4.52 Å². The summed E-state index contributed by atoms with van der Waals surface area (Å²) in [6.07, 6.45) is 7.32. The van der Waals surface area contributed by atoms with Crippen molar-refractivity contribution >= 4 is 5.78 Å².